The van der Waals surface area contributed by atoms with Crippen molar-refractivity contribution in [1.29, 1.82) is 0 Å². The minimum atomic E-state index is -3.84. The molecule has 0 saturated carbocycles. The first-order valence-corrected chi connectivity index (χ1v) is 8.31. The molecule has 2 aromatic carbocycles. The van der Waals surface area contributed by atoms with E-state index in [9.17, 15) is 12.8 Å². The van der Waals surface area contributed by atoms with E-state index in [2.05, 4.69) is 4.72 Å². The number of methoxy groups -OCH3 is 1. The van der Waals surface area contributed by atoms with Crippen LogP contribution in [0.15, 0.2) is 47.4 Å². The molecule has 0 spiro atoms. The Balaban J connectivity index is 2.23. The molecule has 22 heavy (non-hydrogen) atoms. The van der Waals surface area contributed by atoms with Gasteiger partial charge in [0.05, 0.1) is 12.0 Å². The predicted octanol–water partition coefficient (Wildman–Crippen LogP) is 3.53. The Bertz CT molecular complexity index is 763. The van der Waals surface area contributed by atoms with Gasteiger partial charge in [0, 0.05) is 11.1 Å². The Kier molecular flexibility index (Phi) is 5.05. The van der Waals surface area contributed by atoms with Crippen molar-refractivity contribution < 1.29 is 17.5 Å². The molecule has 0 aliphatic heterocycles. The van der Waals surface area contributed by atoms with E-state index < -0.39 is 21.9 Å². The fraction of sp³-hybridized carbons (Fsp3) is 0.200. The fourth-order valence-corrected chi connectivity index (χ4v) is 3.30. The molecule has 0 aromatic heterocycles. The van der Waals surface area contributed by atoms with Crippen LogP contribution in [0.3, 0.4) is 0 Å². The normalized spacial score (nSPS) is 12.9. The lowest BCUT2D eigenvalue weighted by Gasteiger charge is -2.15. The zero-order valence-corrected chi connectivity index (χ0v) is 13.6. The number of hydrogen-bond acceptors (Lipinski definition) is 3. The number of hydrogen-bond donors (Lipinski definition) is 1. The van der Waals surface area contributed by atoms with Crippen LogP contribution in [0.2, 0.25) is 5.02 Å². The molecule has 0 saturated heterocycles. The standard InChI is InChI=1S/C15H15ClFNO3S/c1-10(11-3-5-12(16)6-4-11)18-22(19,20)13-7-8-15(21-2)14(17)9-13/h3-10,18H,1-2H3. The smallest absolute Gasteiger partial charge is 0.241 e. The second-order valence-electron chi connectivity index (χ2n) is 4.69. The Hall–Kier alpha value is -1.63. The van der Waals surface area contributed by atoms with Crippen molar-refractivity contribution in [3.05, 3.63) is 58.9 Å². The first-order valence-electron chi connectivity index (χ1n) is 6.45. The first-order chi connectivity index (χ1) is 10.3. The SMILES string of the molecule is COc1ccc(S(=O)(=O)NC(C)c2ccc(Cl)cc2)cc1F. The third-order valence-corrected chi connectivity index (χ3v) is 4.93. The zero-order chi connectivity index (χ0) is 16.3. The van der Waals surface area contributed by atoms with Crippen LogP contribution in [0.5, 0.6) is 5.75 Å². The molecule has 118 valence electrons. The summed E-state index contributed by atoms with van der Waals surface area (Å²) in [6.45, 7) is 1.70. The van der Waals surface area contributed by atoms with Gasteiger partial charge in [-0.2, -0.15) is 0 Å². The van der Waals surface area contributed by atoms with E-state index in [0.29, 0.717) is 5.02 Å². The highest BCUT2D eigenvalue weighted by atomic mass is 35.5. The van der Waals surface area contributed by atoms with Gasteiger partial charge in [-0.25, -0.2) is 17.5 Å². The average molecular weight is 344 g/mol. The van der Waals surface area contributed by atoms with Crippen LogP contribution in [0, 0.1) is 5.82 Å². The highest BCUT2D eigenvalue weighted by molar-refractivity contribution is 7.89. The molecule has 4 nitrogen and oxygen atoms in total. The first kappa shape index (κ1) is 16.7. The summed E-state index contributed by atoms with van der Waals surface area (Å²) in [5.41, 5.74) is 0.752. The van der Waals surface area contributed by atoms with E-state index in [1.807, 2.05) is 0 Å². The van der Waals surface area contributed by atoms with Crippen molar-refractivity contribution >= 4 is 21.6 Å². The molecular formula is C15H15ClFNO3S. The topological polar surface area (TPSA) is 55.4 Å². The van der Waals surface area contributed by atoms with Gasteiger partial charge in [0.25, 0.3) is 0 Å². The van der Waals surface area contributed by atoms with Gasteiger partial charge in [0.2, 0.25) is 10.0 Å². The highest BCUT2D eigenvalue weighted by Crippen LogP contribution is 2.23. The van der Waals surface area contributed by atoms with Crippen LogP contribution < -0.4 is 9.46 Å². The highest BCUT2D eigenvalue weighted by Gasteiger charge is 2.20. The van der Waals surface area contributed by atoms with Gasteiger partial charge in [-0.1, -0.05) is 23.7 Å². The summed E-state index contributed by atoms with van der Waals surface area (Å²) >= 11 is 5.80. The summed E-state index contributed by atoms with van der Waals surface area (Å²) < 4.78 is 45.5. The average Bonchev–Trinajstić information content (AvgIpc) is 2.47. The Labute approximate surface area is 133 Å². The fourth-order valence-electron chi connectivity index (χ4n) is 1.93. The largest absolute Gasteiger partial charge is 0.494 e. The zero-order valence-electron chi connectivity index (χ0n) is 12.0. The van der Waals surface area contributed by atoms with E-state index in [1.54, 1.807) is 31.2 Å². The van der Waals surface area contributed by atoms with Gasteiger partial charge in [-0.3, -0.25) is 0 Å². The summed E-state index contributed by atoms with van der Waals surface area (Å²) in [4.78, 5) is -0.161. The molecule has 2 aromatic rings. The summed E-state index contributed by atoms with van der Waals surface area (Å²) in [7, 11) is -2.53. The second kappa shape index (κ2) is 6.64. The maximum atomic E-state index is 13.7. The molecule has 7 heteroatoms. The van der Waals surface area contributed by atoms with E-state index in [0.717, 1.165) is 11.6 Å². The number of nitrogens with one attached hydrogen (secondary N) is 1. The number of ether oxygens (including phenoxy) is 1. The minimum absolute atomic E-state index is 0.00954. The quantitative estimate of drug-likeness (QED) is 0.903. The number of halogens is 2. The van der Waals surface area contributed by atoms with Crippen LogP contribution in [0.1, 0.15) is 18.5 Å². The lowest BCUT2D eigenvalue weighted by atomic mass is 10.1. The lowest BCUT2D eigenvalue weighted by Crippen LogP contribution is -2.27. The second-order valence-corrected chi connectivity index (χ2v) is 6.84. The Morgan fingerprint density at radius 1 is 1.18 bits per heavy atom. The van der Waals surface area contributed by atoms with Crippen molar-refractivity contribution in [3.63, 3.8) is 0 Å². The van der Waals surface area contributed by atoms with E-state index in [4.69, 9.17) is 16.3 Å². The van der Waals surface area contributed by atoms with Crippen molar-refractivity contribution in [1.82, 2.24) is 4.72 Å². The van der Waals surface area contributed by atoms with Crippen LogP contribution in [0.25, 0.3) is 0 Å². The maximum absolute atomic E-state index is 13.7. The van der Waals surface area contributed by atoms with E-state index in [1.165, 1.54) is 19.2 Å². The molecule has 0 amide bonds. The summed E-state index contributed by atoms with van der Waals surface area (Å²) in [6.07, 6.45) is 0. The van der Waals surface area contributed by atoms with Crippen LogP contribution in [-0.2, 0) is 10.0 Å². The van der Waals surface area contributed by atoms with Crippen molar-refractivity contribution in [2.45, 2.75) is 17.9 Å². The molecular weight excluding hydrogens is 329 g/mol. The van der Waals surface area contributed by atoms with Gasteiger partial charge < -0.3 is 4.74 Å². The summed E-state index contributed by atoms with van der Waals surface area (Å²) in [5.74, 6) is -0.741. The van der Waals surface area contributed by atoms with E-state index >= 15 is 0 Å². The van der Waals surface area contributed by atoms with Crippen LogP contribution >= 0.6 is 11.6 Å². The number of rotatable bonds is 5. The predicted molar refractivity (Wildman–Crippen MR) is 83.1 cm³/mol. The minimum Gasteiger partial charge on any atom is -0.494 e. The third-order valence-electron chi connectivity index (χ3n) is 3.14. The molecule has 0 radical (unpaired) electrons. The van der Waals surface area contributed by atoms with Crippen LogP contribution in [-0.4, -0.2) is 15.5 Å². The van der Waals surface area contributed by atoms with Gasteiger partial charge in [0.15, 0.2) is 11.6 Å². The van der Waals surface area contributed by atoms with Crippen molar-refractivity contribution in [2.24, 2.45) is 0 Å². The van der Waals surface area contributed by atoms with Gasteiger partial charge in [0.1, 0.15) is 0 Å². The summed E-state index contributed by atoms with van der Waals surface area (Å²) in [6, 6.07) is 9.82. The van der Waals surface area contributed by atoms with Gasteiger partial charge in [-0.05, 0) is 42.8 Å². The van der Waals surface area contributed by atoms with Crippen molar-refractivity contribution in [3.8, 4) is 5.75 Å². The van der Waals surface area contributed by atoms with E-state index in [-0.39, 0.29) is 10.6 Å². The monoisotopic (exact) mass is 343 g/mol. The Morgan fingerprint density at radius 3 is 2.36 bits per heavy atom. The molecule has 0 fully saturated rings. The summed E-state index contributed by atoms with van der Waals surface area (Å²) in [5, 5.41) is 0.566. The molecule has 0 heterocycles. The molecule has 0 bridgehead atoms. The van der Waals surface area contributed by atoms with Crippen molar-refractivity contribution in [2.75, 3.05) is 7.11 Å². The molecule has 0 aliphatic carbocycles. The number of benzene rings is 2. The molecule has 1 unspecified atom stereocenters. The van der Waals surface area contributed by atoms with Gasteiger partial charge in [-0.15, -0.1) is 0 Å². The molecule has 1 atom stereocenters. The number of sulfonamides is 1. The molecule has 0 aliphatic rings. The lowest BCUT2D eigenvalue weighted by molar-refractivity contribution is 0.385. The van der Waals surface area contributed by atoms with Crippen LogP contribution in [0.4, 0.5) is 4.39 Å². The molecule has 2 rings (SSSR count). The molecule has 1 N–H and O–H groups in total. The third kappa shape index (κ3) is 3.76. The van der Waals surface area contributed by atoms with Gasteiger partial charge >= 0.3 is 0 Å². The maximum Gasteiger partial charge on any atom is 0.241 e. The Morgan fingerprint density at radius 2 is 1.82 bits per heavy atom.